The van der Waals surface area contributed by atoms with E-state index in [1.807, 2.05) is 42.5 Å². The molecule has 2 rings (SSSR count). The van der Waals surface area contributed by atoms with Crippen molar-refractivity contribution in [2.75, 3.05) is 0 Å². The maximum absolute atomic E-state index is 11.4. The second-order valence-corrected chi connectivity index (χ2v) is 5.93. The topological polar surface area (TPSA) is 38.3 Å². The Kier molecular flexibility index (Phi) is 5.20. The van der Waals surface area contributed by atoms with Crippen molar-refractivity contribution in [3.05, 3.63) is 54.1 Å². The Balaban J connectivity index is 1.92. The highest BCUT2D eigenvalue weighted by molar-refractivity contribution is 5.70. The average molecular weight is 285 g/mol. The van der Waals surface area contributed by atoms with Gasteiger partial charge in [0.1, 0.15) is 6.10 Å². The van der Waals surface area contributed by atoms with Crippen molar-refractivity contribution in [1.29, 1.82) is 0 Å². The SMILES string of the molecule is C=C(/C=C/c1ccccc1)C[C@@H]1OC(=O)N[C@H]1CC(C)C. The zero-order valence-corrected chi connectivity index (χ0v) is 12.7. The zero-order chi connectivity index (χ0) is 15.2. The standard InChI is InChI=1S/C18H23NO2/c1-13(2)11-16-17(21-18(20)19-16)12-14(3)9-10-15-7-5-4-6-8-15/h4-10,13,16-17H,3,11-12H2,1-2H3,(H,19,20)/b10-9+/t16-,17-/m0/s1. The van der Waals surface area contributed by atoms with E-state index in [9.17, 15) is 4.79 Å². The third-order valence-corrected chi connectivity index (χ3v) is 3.51. The van der Waals surface area contributed by atoms with Gasteiger partial charge in [-0.25, -0.2) is 4.79 Å². The van der Waals surface area contributed by atoms with Crippen LogP contribution >= 0.6 is 0 Å². The molecule has 112 valence electrons. The fourth-order valence-corrected chi connectivity index (χ4v) is 2.51. The molecule has 1 amide bonds. The molecule has 1 fully saturated rings. The van der Waals surface area contributed by atoms with Gasteiger partial charge in [0.25, 0.3) is 0 Å². The van der Waals surface area contributed by atoms with Gasteiger partial charge in [0.05, 0.1) is 6.04 Å². The summed E-state index contributed by atoms with van der Waals surface area (Å²) in [5, 5.41) is 2.89. The van der Waals surface area contributed by atoms with Crippen LogP contribution < -0.4 is 5.32 Å². The molecule has 1 saturated heterocycles. The minimum absolute atomic E-state index is 0.0828. The van der Waals surface area contributed by atoms with Gasteiger partial charge in [0, 0.05) is 6.42 Å². The third kappa shape index (κ3) is 4.78. The Bertz CT molecular complexity index is 519. The highest BCUT2D eigenvalue weighted by Crippen LogP contribution is 2.22. The summed E-state index contributed by atoms with van der Waals surface area (Å²) in [6.45, 7) is 8.36. The van der Waals surface area contributed by atoms with E-state index >= 15 is 0 Å². The highest BCUT2D eigenvalue weighted by Gasteiger charge is 2.34. The molecule has 1 aromatic rings. The van der Waals surface area contributed by atoms with Crippen molar-refractivity contribution in [1.82, 2.24) is 5.32 Å². The summed E-state index contributed by atoms with van der Waals surface area (Å²) in [5.41, 5.74) is 2.10. The molecule has 0 saturated carbocycles. The minimum Gasteiger partial charge on any atom is -0.444 e. The fraction of sp³-hybridized carbons (Fsp3) is 0.389. The van der Waals surface area contributed by atoms with E-state index in [2.05, 4.69) is 25.7 Å². The average Bonchev–Trinajstić information content (AvgIpc) is 2.76. The summed E-state index contributed by atoms with van der Waals surface area (Å²) in [6, 6.07) is 10.2. The number of cyclic esters (lactones) is 1. The molecule has 0 radical (unpaired) electrons. The van der Waals surface area contributed by atoms with E-state index in [4.69, 9.17) is 4.74 Å². The van der Waals surface area contributed by atoms with E-state index in [0.29, 0.717) is 12.3 Å². The molecule has 3 nitrogen and oxygen atoms in total. The molecule has 0 unspecified atom stereocenters. The lowest BCUT2D eigenvalue weighted by molar-refractivity contribution is 0.129. The van der Waals surface area contributed by atoms with Crippen LogP contribution in [-0.4, -0.2) is 18.2 Å². The predicted molar refractivity (Wildman–Crippen MR) is 85.9 cm³/mol. The van der Waals surface area contributed by atoms with Crippen LogP contribution in [0, 0.1) is 5.92 Å². The molecular formula is C18H23NO2. The summed E-state index contributed by atoms with van der Waals surface area (Å²) in [7, 11) is 0. The largest absolute Gasteiger partial charge is 0.444 e. The van der Waals surface area contributed by atoms with Crippen LogP contribution in [0.1, 0.15) is 32.3 Å². The molecule has 2 atom stereocenters. The molecule has 1 heterocycles. The van der Waals surface area contributed by atoms with Crippen LogP contribution in [-0.2, 0) is 4.74 Å². The van der Waals surface area contributed by atoms with Gasteiger partial charge in [-0.05, 0) is 17.9 Å². The first kappa shape index (κ1) is 15.4. The summed E-state index contributed by atoms with van der Waals surface area (Å²) >= 11 is 0. The Morgan fingerprint density at radius 2 is 2.10 bits per heavy atom. The van der Waals surface area contributed by atoms with Gasteiger partial charge in [-0.15, -0.1) is 0 Å². The number of hydrogen-bond acceptors (Lipinski definition) is 2. The number of ether oxygens (including phenoxy) is 1. The van der Waals surface area contributed by atoms with Crippen molar-refractivity contribution in [3.63, 3.8) is 0 Å². The quantitative estimate of drug-likeness (QED) is 0.797. The molecule has 1 aromatic carbocycles. The lowest BCUT2D eigenvalue weighted by atomic mass is 9.95. The zero-order valence-electron chi connectivity index (χ0n) is 12.7. The van der Waals surface area contributed by atoms with Crippen LogP contribution in [0.25, 0.3) is 6.08 Å². The van der Waals surface area contributed by atoms with E-state index in [1.54, 1.807) is 0 Å². The smallest absolute Gasteiger partial charge is 0.407 e. The number of rotatable bonds is 6. The van der Waals surface area contributed by atoms with Crippen LogP contribution in [0.2, 0.25) is 0 Å². The third-order valence-electron chi connectivity index (χ3n) is 3.51. The Morgan fingerprint density at radius 3 is 2.76 bits per heavy atom. The Morgan fingerprint density at radius 1 is 1.38 bits per heavy atom. The fourth-order valence-electron chi connectivity index (χ4n) is 2.51. The molecule has 21 heavy (non-hydrogen) atoms. The van der Waals surface area contributed by atoms with Crippen LogP contribution in [0.4, 0.5) is 4.79 Å². The van der Waals surface area contributed by atoms with E-state index in [0.717, 1.165) is 17.6 Å². The maximum Gasteiger partial charge on any atom is 0.407 e. The van der Waals surface area contributed by atoms with Crippen molar-refractivity contribution >= 4 is 12.2 Å². The predicted octanol–water partition coefficient (Wildman–Crippen LogP) is 4.17. The molecule has 0 spiro atoms. The van der Waals surface area contributed by atoms with E-state index in [-0.39, 0.29) is 18.2 Å². The molecule has 3 heteroatoms. The van der Waals surface area contributed by atoms with Crippen molar-refractivity contribution in [2.45, 2.75) is 38.8 Å². The summed E-state index contributed by atoms with van der Waals surface area (Å²) in [6.07, 6.45) is 5.18. The molecule has 1 aliphatic rings. The van der Waals surface area contributed by atoms with Gasteiger partial charge in [0.2, 0.25) is 0 Å². The van der Waals surface area contributed by atoms with Crippen molar-refractivity contribution in [3.8, 4) is 0 Å². The van der Waals surface area contributed by atoms with Crippen LogP contribution in [0.3, 0.4) is 0 Å². The summed E-state index contributed by atoms with van der Waals surface area (Å²) in [5.74, 6) is 0.521. The van der Waals surface area contributed by atoms with Crippen LogP contribution in [0.5, 0.6) is 0 Å². The minimum atomic E-state index is -0.314. The molecule has 0 aromatic heterocycles. The lowest BCUT2D eigenvalue weighted by Gasteiger charge is -2.18. The van der Waals surface area contributed by atoms with Crippen molar-refractivity contribution < 1.29 is 9.53 Å². The van der Waals surface area contributed by atoms with Gasteiger partial charge in [-0.3, -0.25) is 0 Å². The van der Waals surface area contributed by atoms with Gasteiger partial charge in [-0.1, -0.05) is 68.5 Å². The number of nitrogens with one attached hydrogen (secondary N) is 1. The maximum atomic E-state index is 11.4. The first-order valence-electron chi connectivity index (χ1n) is 7.42. The second kappa shape index (κ2) is 7.11. The number of allylic oxidation sites excluding steroid dienone is 1. The number of hydrogen-bond donors (Lipinski definition) is 1. The summed E-state index contributed by atoms with van der Waals surface area (Å²) in [4.78, 5) is 11.4. The second-order valence-electron chi connectivity index (χ2n) is 5.93. The van der Waals surface area contributed by atoms with Gasteiger partial charge in [0.15, 0.2) is 0 Å². The van der Waals surface area contributed by atoms with Gasteiger partial charge < -0.3 is 10.1 Å². The van der Waals surface area contributed by atoms with E-state index < -0.39 is 0 Å². The molecule has 1 aliphatic heterocycles. The molecule has 0 aliphatic carbocycles. The van der Waals surface area contributed by atoms with Crippen LogP contribution in [0.15, 0.2) is 48.6 Å². The van der Waals surface area contributed by atoms with Gasteiger partial charge in [-0.2, -0.15) is 0 Å². The monoisotopic (exact) mass is 285 g/mol. The summed E-state index contributed by atoms with van der Waals surface area (Å²) < 4.78 is 5.35. The normalized spacial score (nSPS) is 21.6. The number of alkyl carbamates (subject to hydrolysis) is 1. The molecular weight excluding hydrogens is 262 g/mol. The highest BCUT2D eigenvalue weighted by atomic mass is 16.6. The molecule has 0 bridgehead atoms. The number of carbonyl (C=O) groups excluding carboxylic acids is 1. The van der Waals surface area contributed by atoms with E-state index in [1.165, 1.54) is 0 Å². The first-order chi connectivity index (χ1) is 10.0. The number of benzene rings is 1. The van der Waals surface area contributed by atoms with Crippen molar-refractivity contribution in [2.24, 2.45) is 5.92 Å². The Labute approximate surface area is 126 Å². The number of carbonyl (C=O) groups is 1. The Hall–Kier alpha value is -2.03. The molecule has 1 N–H and O–H groups in total. The number of amides is 1. The van der Waals surface area contributed by atoms with Gasteiger partial charge >= 0.3 is 6.09 Å². The first-order valence-corrected chi connectivity index (χ1v) is 7.42. The lowest BCUT2D eigenvalue weighted by Crippen LogP contribution is -2.33.